The van der Waals surface area contributed by atoms with Gasteiger partial charge in [-0.15, -0.1) is 11.8 Å². The molecule has 0 heterocycles. The Morgan fingerprint density at radius 2 is 2.50 bits per heavy atom. The van der Waals surface area contributed by atoms with E-state index in [1.54, 1.807) is 17.3 Å². The molecule has 2 heteroatoms. The van der Waals surface area contributed by atoms with Crippen LogP contribution in [0.1, 0.15) is 0 Å². The molecule has 0 amide bonds. The summed E-state index contributed by atoms with van der Waals surface area (Å²) in [5.74, 6) is 0. The number of hydrogen-bond acceptors (Lipinski definition) is 2. The summed E-state index contributed by atoms with van der Waals surface area (Å²) in [5, 5.41) is 0. The first kappa shape index (κ1) is 5.76. The second-order valence-corrected chi connectivity index (χ2v) is 1.35. The minimum Gasteiger partial charge on any atom is -0.259 e. The first-order valence-electron chi connectivity index (χ1n) is 1.57. The van der Waals surface area contributed by atoms with Crippen molar-refractivity contribution in [3.63, 3.8) is 0 Å². The van der Waals surface area contributed by atoms with Gasteiger partial charge in [0, 0.05) is 6.20 Å². The number of nitrogens with zero attached hydrogens (tertiary/aromatic N) is 1. The quantitative estimate of drug-likeness (QED) is 0.379. The third-order valence-corrected chi connectivity index (χ3v) is 0.604. The van der Waals surface area contributed by atoms with Crippen molar-refractivity contribution in [3.05, 3.63) is 12.8 Å². The topological polar surface area (TPSA) is 12.4 Å². The average molecular weight is 101 g/mol. The van der Waals surface area contributed by atoms with E-state index in [0.29, 0.717) is 0 Å². The highest BCUT2D eigenvalue weighted by molar-refractivity contribution is 8.11. The fourth-order valence-electron chi connectivity index (χ4n) is 0.104. The number of hydrogen-bond donors (Lipinski definition) is 0. The van der Waals surface area contributed by atoms with Crippen LogP contribution in [0.25, 0.3) is 0 Å². The molecule has 0 N–H and O–H groups in total. The van der Waals surface area contributed by atoms with Gasteiger partial charge in [0.15, 0.2) is 0 Å². The van der Waals surface area contributed by atoms with Gasteiger partial charge in [0.25, 0.3) is 0 Å². The van der Waals surface area contributed by atoms with Crippen LogP contribution in [0.5, 0.6) is 0 Å². The van der Waals surface area contributed by atoms with E-state index < -0.39 is 0 Å². The molecule has 0 aromatic rings. The maximum absolute atomic E-state index is 3.69. The van der Waals surface area contributed by atoms with Crippen LogP contribution in [-0.2, 0) is 0 Å². The van der Waals surface area contributed by atoms with Gasteiger partial charge >= 0.3 is 0 Å². The molecule has 0 atom stereocenters. The molecule has 0 radical (unpaired) electrons. The maximum Gasteiger partial charge on any atom is 0.0593 e. The van der Waals surface area contributed by atoms with Crippen molar-refractivity contribution in [2.45, 2.75) is 0 Å². The molecule has 34 valence electrons. The molecule has 0 spiro atoms. The van der Waals surface area contributed by atoms with E-state index in [0.717, 1.165) is 0 Å². The molecule has 0 bridgehead atoms. The predicted molar refractivity (Wildman–Crippen MR) is 32.2 cm³/mol. The van der Waals surface area contributed by atoms with Gasteiger partial charge < -0.3 is 0 Å². The van der Waals surface area contributed by atoms with Crippen molar-refractivity contribution < 1.29 is 0 Å². The van der Waals surface area contributed by atoms with Crippen molar-refractivity contribution in [2.75, 3.05) is 6.26 Å². The Bertz CT molecular complexity index is 58.6. The van der Waals surface area contributed by atoms with Gasteiger partial charge in [-0.3, -0.25) is 4.99 Å². The molecule has 0 aliphatic heterocycles. The third kappa shape index (κ3) is 3.76. The molecule has 1 nitrogen and oxygen atoms in total. The summed E-state index contributed by atoms with van der Waals surface area (Å²) in [6.45, 7) is 3.39. The van der Waals surface area contributed by atoms with E-state index in [-0.39, 0.29) is 0 Å². The Labute approximate surface area is 42.2 Å². The van der Waals surface area contributed by atoms with Crippen LogP contribution in [0, 0.1) is 0 Å². The Morgan fingerprint density at radius 3 is 2.67 bits per heavy atom. The summed E-state index contributed by atoms with van der Waals surface area (Å²) >= 11 is 1.56. The minimum atomic E-state index is 1.51. The highest BCUT2D eigenvalue weighted by atomic mass is 32.2. The normalized spacial score (nSPS) is 9.50. The predicted octanol–water partition coefficient (Wildman–Crippen LogP) is 1.52. The van der Waals surface area contributed by atoms with Crippen LogP contribution in [0.2, 0.25) is 0 Å². The Hall–Kier alpha value is -0.240. The highest BCUT2D eigenvalue weighted by Crippen LogP contribution is 1.81. The molecule has 0 saturated carbocycles. The molecule has 0 aromatic carbocycles. The largest absolute Gasteiger partial charge is 0.259 e. The highest BCUT2D eigenvalue weighted by Gasteiger charge is 1.55. The summed E-state index contributed by atoms with van der Waals surface area (Å²) in [6, 6.07) is 0. The lowest BCUT2D eigenvalue weighted by atomic mass is 11.1. The van der Waals surface area contributed by atoms with Crippen LogP contribution in [0.4, 0.5) is 0 Å². The van der Waals surface area contributed by atoms with Crippen molar-refractivity contribution in [3.8, 4) is 0 Å². The van der Waals surface area contributed by atoms with Gasteiger partial charge in [0.2, 0.25) is 0 Å². The SMILES string of the molecule is C=C/N=C\SC. The lowest BCUT2D eigenvalue weighted by Crippen LogP contribution is -1.51. The second-order valence-electron chi connectivity index (χ2n) is 0.673. The molecule has 0 unspecified atom stereocenters. The summed E-state index contributed by atoms with van der Waals surface area (Å²) < 4.78 is 0. The van der Waals surface area contributed by atoms with Crippen molar-refractivity contribution in [2.24, 2.45) is 4.99 Å². The van der Waals surface area contributed by atoms with Gasteiger partial charge in [0.05, 0.1) is 5.55 Å². The first-order valence-corrected chi connectivity index (χ1v) is 2.86. The molecule has 0 saturated heterocycles. The van der Waals surface area contributed by atoms with Crippen LogP contribution >= 0.6 is 11.8 Å². The summed E-state index contributed by atoms with van der Waals surface area (Å²) in [6.07, 6.45) is 3.46. The second kappa shape index (κ2) is 4.76. The summed E-state index contributed by atoms with van der Waals surface area (Å²) in [4.78, 5) is 3.69. The van der Waals surface area contributed by atoms with E-state index in [1.807, 2.05) is 6.26 Å². The molecule has 0 aliphatic carbocycles. The van der Waals surface area contributed by atoms with E-state index in [2.05, 4.69) is 11.6 Å². The average Bonchev–Trinajstić information content (AvgIpc) is 1.61. The molecular formula is C4H7NS. The molecule has 6 heavy (non-hydrogen) atoms. The molecule has 0 rings (SSSR count). The number of thioether (sulfide) groups is 1. The number of aliphatic imine (C=N–C) groups is 1. The molecule has 0 aromatic heterocycles. The number of rotatable bonds is 2. The van der Waals surface area contributed by atoms with Crippen molar-refractivity contribution in [1.29, 1.82) is 0 Å². The summed E-state index contributed by atoms with van der Waals surface area (Å²) in [7, 11) is 0. The van der Waals surface area contributed by atoms with Crippen LogP contribution in [0.15, 0.2) is 17.8 Å². The zero-order valence-electron chi connectivity index (χ0n) is 3.72. The summed E-state index contributed by atoms with van der Waals surface area (Å²) in [5.41, 5.74) is 1.73. The van der Waals surface area contributed by atoms with Crippen molar-refractivity contribution >= 4 is 17.3 Å². The van der Waals surface area contributed by atoms with Gasteiger partial charge in [0.1, 0.15) is 0 Å². The van der Waals surface area contributed by atoms with Gasteiger partial charge in [-0.05, 0) is 6.26 Å². The Balaban J connectivity index is 2.94. The van der Waals surface area contributed by atoms with Gasteiger partial charge in [-0.2, -0.15) is 0 Å². The van der Waals surface area contributed by atoms with Crippen LogP contribution in [0.3, 0.4) is 0 Å². The lowest BCUT2D eigenvalue weighted by Gasteiger charge is -1.68. The molecule has 0 fully saturated rings. The maximum atomic E-state index is 3.69. The minimum absolute atomic E-state index is 1.51. The Morgan fingerprint density at radius 1 is 1.83 bits per heavy atom. The van der Waals surface area contributed by atoms with E-state index >= 15 is 0 Å². The fourth-order valence-corrected chi connectivity index (χ4v) is 0.312. The van der Waals surface area contributed by atoms with Gasteiger partial charge in [-0.25, -0.2) is 0 Å². The monoisotopic (exact) mass is 101 g/mol. The van der Waals surface area contributed by atoms with Gasteiger partial charge in [-0.1, -0.05) is 6.58 Å². The zero-order valence-corrected chi connectivity index (χ0v) is 4.53. The Kier molecular flexibility index (Phi) is 4.57. The third-order valence-electron chi connectivity index (χ3n) is 0.272. The smallest absolute Gasteiger partial charge is 0.0593 e. The standard InChI is InChI=1S/C4H7NS/c1-3-5-4-6-2/h3-4H,1H2,2H3/b5-4-. The van der Waals surface area contributed by atoms with E-state index in [4.69, 9.17) is 0 Å². The van der Waals surface area contributed by atoms with E-state index in [1.165, 1.54) is 6.20 Å². The van der Waals surface area contributed by atoms with Crippen LogP contribution < -0.4 is 0 Å². The molecule has 0 aliphatic rings. The van der Waals surface area contributed by atoms with E-state index in [9.17, 15) is 0 Å². The van der Waals surface area contributed by atoms with Crippen molar-refractivity contribution in [1.82, 2.24) is 0 Å². The molecular weight excluding hydrogens is 94.1 g/mol. The zero-order chi connectivity index (χ0) is 4.83. The fraction of sp³-hybridized carbons (Fsp3) is 0.250. The van der Waals surface area contributed by atoms with Crippen LogP contribution in [-0.4, -0.2) is 11.8 Å². The lowest BCUT2D eigenvalue weighted by molar-refractivity contribution is 1.65. The first-order chi connectivity index (χ1) is 2.91.